The van der Waals surface area contributed by atoms with Crippen molar-refractivity contribution in [1.82, 2.24) is 15.0 Å². The lowest BCUT2D eigenvalue weighted by atomic mass is 10.2. The van der Waals surface area contributed by atoms with Crippen LogP contribution in [0.4, 0.5) is 0 Å². The monoisotopic (exact) mass is 222 g/mol. The smallest absolute Gasteiger partial charge is 0.247 e. The highest BCUT2D eigenvalue weighted by Gasteiger charge is 2.12. The van der Waals surface area contributed by atoms with Crippen LogP contribution in [0.3, 0.4) is 0 Å². The van der Waals surface area contributed by atoms with E-state index in [0.717, 1.165) is 0 Å². The van der Waals surface area contributed by atoms with Crippen LogP contribution in [0.5, 0.6) is 0 Å². The maximum atomic E-state index is 8.96. The van der Waals surface area contributed by atoms with Crippen LogP contribution in [0.25, 0.3) is 22.7 Å². The zero-order valence-corrected chi connectivity index (χ0v) is 8.66. The molecule has 0 atom stereocenters. The van der Waals surface area contributed by atoms with Crippen molar-refractivity contribution in [3.05, 3.63) is 42.4 Å². The summed E-state index contributed by atoms with van der Waals surface area (Å²) in [6.07, 6.45) is 3.19. The van der Waals surface area contributed by atoms with Gasteiger partial charge in [-0.05, 0) is 24.3 Å². The fourth-order valence-corrected chi connectivity index (χ4v) is 1.55. The van der Waals surface area contributed by atoms with E-state index in [-0.39, 0.29) is 0 Å². The summed E-state index contributed by atoms with van der Waals surface area (Å²) in [5.41, 5.74) is 1.98. The van der Waals surface area contributed by atoms with E-state index in [4.69, 9.17) is 9.68 Å². The predicted molar refractivity (Wildman–Crippen MR) is 59.8 cm³/mol. The molecule has 5 nitrogen and oxygen atoms in total. The normalized spacial score (nSPS) is 10.3. The van der Waals surface area contributed by atoms with E-state index in [0.29, 0.717) is 28.4 Å². The lowest BCUT2D eigenvalue weighted by molar-refractivity contribution is 0.607. The number of hydrogen-bond acceptors (Lipinski definition) is 5. The molecule has 0 aromatic carbocycles. The molecule has 0 spiro atoms. The fourth-order valence-electron chi connectivity index (χ4n) is 1.55. The second-order valence-corrected chi connectivity index (χ2v) is 3.36. The SMILES string of the molecule is N#Cc1ncccc1-c1nc2cccnc2o1. The number of oxazole rings is 1. The molecule has 80 valence electrons. The number of aromatic nitrogens is 3. The molecule has 0 amide bonds. The van der Waals surface area contributed by atoms with Crippen LogP contribution in [0, 0.1) is 11.3 Å². The molecule has 17 heavy (non-hydrogen) atoms. The van der Waals surface area contributed by atoms with Gasteiger partial charge in [-0.2, -0.15) is 5.26 Å². The molecule has 3 aromatic heterocycles. The molecule has 0 aliphatic carbocycles. The molecule has 0 aliphatic heterocycles. The van der Waals surface area contributed by atoms with Gasteiger partial charge in [-0.25, -0.2) is 15.0 Å². The Morgan fingerprint density at radius 1 is 1.12 bits per heavy atom. The van der Waals surface area contributed by atoms with Crippen molar-refractivity contribution in [1.29, 1.82) is 5.26 Å². The Hall–Kier alpha value is -2.74. The van der Waals surface area contributed by atoms with Crippen LogP contribution < -0.4 is 0 Å². The Kier molecular flexibility index (Phi) is 2.06. The average Bonchev–Trinajstić information content (AvgIpc) is 2.82. The van der Waals surface area contributed by atoms with Gasteiger partial charge in [-0.15, -0.1) is 0 Å². The average molecular weight is 222 g/mol. The molecule has 0 radical (unpaired) electrons. The van der Waals surface area contributed by atoms with E-state index in [1.54, 1.807) is 36.7 Å². The molecule has 3 rings (SSSR count). The minimum absolute atomic E-state index is 0.291. The van der Waals surface area contributed by atoms with Crippen LogP contribution in [0.15, 0.2) is 41.1 Å². The summed E-state index contributed by atoms with van der Waals surface area (Å²) >= 11 is 0. The van der Waals surface area contributed by atoms with Crippen molar-refractivity contribution in [3.63, 3.8) is 0 Å². The first-order chi connectivity index (χ1) is 8.38. The second kappa shape index (κ2) is 3.68. The first-order valence-electron chi connectivity index (χ1n) is 4.95. The molecular weight excluding hydrogens is 216 g/mol. The number of rotatable bonds is 1. The number of hydrogen-bond donors (Lipinski definition) is 0. The Labute approximate surface area is 96.4 Å². The van der Waals surface area contributed by atoms with Crippen LogP contribution in [-0.2, 0) is 0 Å². The molecule has 3 aromatic rings. The molecule has 0 aliphatic rings. The third-order valence-corrected chi connectivity index (χ3v) is 2.31. The minimum Gasteiger partial charge on any atom is -0.418 e. The molecule has 3 heterocycles. The van der Waals surface area contributed by atoms with Crippen LogP contribution in [-0.4, -0.2) is 15.0 Å². The van der Waals surface area contributed by atoms with E-state index in [2.05, 4.69) is 15.0 Å². The summed E-state index contributed by atoms with van der Waals surface area (Å²) in [5.74, 6) is 0.364. The largest absolute Gasteiger partial charge is 0.418 e. The summed E-state index contributed by atoms with van der Waals surface area (Å²) in [7, 11) is 0. The van der Waals surface area contributed by atoms with Crippen molar-refractivity contribution in [3.8, 4) is 17.5 Å². The molecule has 0 saturated carbocycles. The fraction of sp³-hybridized carbons (Fsp3) is 0. The number of nitrogens with zero attached hydrogens (tertiary/aromatic N) is 4. The standard InChI is InChI=1S/C12H6N4O/c13-7-10-8(3-1-5-14-10)11-16-9-4-2-6-15-12(9)17-11/h1-6H. The highest BCUT2D eigenvalue weighted by atomic mass is 16.4. The van der Waals surface area contributed by atoms with Crippen LogP contribution in [0.2, 0.25) is 0 Å². The topological polar surface area (TPSA) is 75.6 Å². The van der Waals surface area contributed by atoms with Gasteiger partial charge in [0.1, 0.15) is 11.6 Å². The molecular formula is C12H6N4O. The Morgan fingerprint density at radius 2 is 1.94 bits per heavy atom. The minimum atomic E-state index is 0.291. The zero-order valence-electron chi connectivity index (χ0n) is 8.66. The van der Waals surface area contributed by atoms with Crippen molar-refractivity contribution in [2.24, 2.45) is 0 Å². The summed E-state index contributed by atoms with van der Waals surface area (Å²) in [5, 5.41) is 8.96. The van der Waals surface area contributed by atoms with Gasteiger partial charge in [0.25, 0.3) is 0 Å². The van der Waals surface area contributed by atoms with E-state index < -0.39 is 0 Å². The summed E-state index contributed by atoms with van der Waals surface area (Å²) in [6, 6.07) is 9.07. The lowest BCUT2D eigenvalue weighted by Crippen LogP contribution is -1.87. The van der Waals surface area contributed by atoms with Gasteiger partial charge in [0.05, 0.1) is 5.56 Å². The van der Waals surface area contributed by atoms with Gasteiger partial charge in [0, 0.05) is 12.4 Å². The van der Waals surface area contributed by atoms with Gasteiger partial charge in [0.15, 0.2) is 5.69 Å². The van der Waals surface area contributed by atoms with Gasteiger partial charge in [0.2, 0.25) is 11.6 Å². The van der Waals surface area contributed by atoms with E-state index in [9.17, 15) is 0 Å². The summed E-state index contributed by atoms with van der Waals surface area (Å²) in [4.78, 5) is 12.3. The number of fused-ring (bicyclic) bond motifs is 1. The van der Waals surface area contributed by atoms with Gasteiger partial charge >= 0.3 is 0 Å². The molecule has 5 heteroatoms. The zero-order chi connectivity index (χ0) is 11.7. The predicted octanol–water partition coefficient (Wildman–Crippen LogP) is 2.16. The van der Waals surface area contributed by atoms with E-state index >= 15 is 0 Å². The molecule has 0 unspecified atom stereocenters. The van der Waals surface area contributed by atoms with E-state index in [1.165, 1.54) is 0 Å². The molecule has 0 bridgehead atoms. The van der Waals surface area contributed by atoms with Crippen molar-refractivity contribution in [2.45, 2.75) is 0 Å². The van der Waals surface area contributed by atoms with Gasteiger partial charge in [-0.1, -0.05) is 0 Å². The second-order valence-electron chi connectivity index (χ2n) is 3.36. The van der Waals surface area contributed by atoms with Crippen molar-refractivity contribution in [2.75, 3.05) is 0 Å². The maximum Gasteiger partial charge on any atom is 0.247 e. The first kappa shape index (κ1) is 9.48. The van der Waals surface area contributed by atoms with Crippen molar-refractivity contribution >= 4 is 11.2 Å². The van der Waals surface area contributed by atoms with E-state index in [1.807, 2.05) is 6.07 Å². The highest BCUT2D eigenvalue weighted by Crippen LogP contribution is 2.24. The Morgan fingerprint density at radius 3 is 2.76 bits per heavy atom. The quantitative estimate of drug-likeness (QED) is 0.630. The summed E-state index contributed by atoms with van der Waals surface area (Å²) < 4.78 is 5.48. The maximum absolute atomic E-state index is 8.96. The van der Waals surface area contributed by atoms with Crippen molar-refractivity contribution < 1.29 is 4.42 Å². The van der Waals surface area contributed by atoms with Gasteiger partial charge < -0.3 is 4.42 Å². The molecule has 0 N–H and O–H groups in total. The van der Waals surface area contributed by atoms with Gasteiger partial charge in [-0.3, -0.25) is 0 Å². The highest BCUT2D eigenvalue weighted by molar-refractivity contribution is 5.73. The molecule has 0 saturated heterocycles. The Balaban J connectivity index is 2.25. The third kappa shape index (κ3) is 1.52. The third-order valence-electron chi connectivity index (χ3n) is 2.31. The number of pyridine rings is 2. The number of nitriles is 1. The molecule has 0 fully saturated rings. The first-order valence-corrected chi connectivity index (χ1v) is 4.95. The summed E-state index contributed by atoms with van der Waals surface area (Å²) in [6.45, 7) is 0. The van der Waals surface area contributed by atoms with Crippen LogP contribution in [0.1, 0.15) is 5.69 Å². The lowest BCUT2D eigenvalue weighted by Gasteiger charge is -1.95. The van der Waals surface area contributed by atoms with Crippen LogP contribution >= 0.6 is 0 Å². The Bertz CT molecular complexity index is 693.